The van der Waals surface area contributed by atoms with Gasteiger partial charge >= 0.3 is 0 Å². The maximum Gasteiger partial charge on any atom is 0.294 e. The number of ether oxygens (including phenoxy) is 2. The number of nitrogens with zero attached hydrogens (tertiary/aromatic N) is 2. The van der Waals surface area contributed by atoms with Crippen molar-refractivity contribution in [3.05, 3.63) is 50.1 Å². The second kappa shape index (κ2) is 5.26. The second-order valence-corrected chi connectivity index (χ2v) is 4.92. The van der Waals surface area contributed by atoms with Gasteiger partial charge in [0.15, 0.2) is 6.10 Å². The van der Waals surface area contributed by atoms with Gasteiger partial charge in [-0.2, -0.15) is 0 Å². The van der Waals surface area contributed by atoms with Crippen LogP contribution in [0.3, 0.4) is 0 Å². The first kappa shape index (κ1) is 13.7. The van der Waals surface area contributed by atoms with Crippen molar-refractivity contribution in [1.29, 1.82) is 0 Å². The Bertz CT molecular complexity index is 578. The average molecular weight is 296 g/mol. The molecule has 0 radical (unpaired) electrons. The standard InChI is InChI=1S/C12H12N2O7/c15-13(16)8-3-1-2-7(4-8)9-5-19-12-10(21-14(17)18)6-20-11(9)12/h1-4,9-12H,5-6H2/t9-,10+,11+,12+/m0/s1. The molecule has 112 valence electrons. The Morgan fingerprint density at radius 2 is 1.90 bits per heavy atom. The van der Waals surface area contributed by atoms with Crippen molar-refractivity contribution in [3.8, 4) is 0 Å². The highest BCUT2D eigenvalue weighted by atomic mass is 17.0. The highest BCUT2D eigenvalue weighted by Crippen LogP contribution is 2.39. The summed E-state index contributed by atoms with van der Waals surface area (Å²) in [6.45, 7) is 0.357. The van der Waals surface area contributed by atoms with Crippen LogP contribution in [-0.2, 0) is 14.3 Å². The van der Waals surface area contributed by atoms with Gasteiger partial charge < -0.3 is 14.3 Å². The summed E-state index contributed by atoms with van der Waals surface area (Å²) < 4.78 is 11.1. The fraction of sp³-hybridized carbons (Fsp3) is 0.500. The van der Waals surface area contributed by atoms with Gasteiger partial charge in [-0.25, -0.2) is 0 Å². The summed E-state index contributed by atoms with van der Waals surface area (Å²) in [5, 5.41) is 20.4. The van der Waals surface area contributed by atoms with Crippen molar-refractivity contribution < 1.29 is 24.3 Å². The molecule has 1 aromatic rings. The van der Waals surface area contributed by atoms with Crippen molar-refractivity contribution in [2.75, 3.05) is 13.2 Å². The Morgan fingerprint density at radius 3 is 2.62 bits per heavy atom. The van der Waals surface area contributed by atoms with E-state index in [0.717, 1.165) is 5.56 Å². The Morgan fingerprint density at radius 1 is 1.14 bits per heavy atom. The molecule has 0 saturated carbocycles. The van der Waals surface area contributed by atoms with E-state index in [4.69, 9.17) is 9.47 Å². The average Bonchev–Trinajstić information content (AvgIpc) is 3.01. The SMILES string of the molecule is O=[N+]([O-])O[C@@H]1CO[C@H]2[C@@H]1OC[C@H]2c1cccc([N+](=O)[O-])c1. The van der Waals surface area contributed by atoms with Gasteiger partial charge in [0.25, 0.3) is 10.8 Å². The molecule has 2 heterocycles. The van der Waals surface area contributed by atoms with Crippen molar-refractivity contribution >= 4 is 5.69 Å². The van der Waals surface area contributed by atoms with Crippen LogP contribution in [0.15, 0.2) is 24.3 Å². The van der Waals surface area contributed by atoms with Crippen LogP contribution in [0.2, 0.25) is 0 Å². The Hall–Kier alpha value is -2.26. The van der Waals surface area contributed by atoms with E-state index in [2.05, 4.69) is 4.84 Å². The molecule has 4 atom stereocenters. The number of nitro groups is 1. The summed E-state index contributed by atoms with van der Waals surface area (Å²) >= 11 is 0. The van der Waals surface area contributed by atoms with Crippen LogP contribution < -0.4 is 0 Å². The first-order valence-corrected chi connectivity index (χ1v) is 6.35. The minimum absolute atomic E-state index is 0.00737. The summed E-state index contributed by atoms with van der Waals surface area (Å²) in [6, 6.07) is 6.24. The maximum absolute atomic E-state index is 10.8. The second-order valence-electron chi connectivity index (χ2n) is 4.92. The molecule has 0 bridgehead atoms. The third kappa shape index (κ3) is 2.52. The van der Waals surface area contributed by atoms with E-state index in [9.17, 15) is 20.2 Å². The van der Waals surface area contributed by atoms with Crippen molar-refractivity contribution in [1.82, 2.24) is 0 Å². The van der Waals surface area contributed by atoms with E-state index < -0.39 is 28.3 Å². The zero-order valence-corrected chi connectivity index (χ0v) is 10.8. The van der Waals surface area contributed by atoms with E-state index >= 15 is 0 Å². The highest BCUT2D eigenvalue weighted by molar-refractivity contribution is 5.37. The number of benzene rings is 1. The molecule has 2 aliphatic rings. The summed E-state index contributed by atoms with van der Waals surface area (Å²) in [4.78, 5) is 25.3. The molecule has 1 aromatic carbocycles. The number of fused-ring (bicyclic) bond motifs is 1. The zero-order valence-electron chi connectivity index (χ0n) is 10.8. The molecule has 9 nitrogen and oxygen atoms in total. The third-order valence-corrected chi connectivity index (χ3v) is 3.74. The minimum atomic E-state index is -0.861. The van der Waals surface area contributed by atoms with Gasteiger partial charge in [-0.15, -0.1) is 10.1 Å². The van der Waals surface area contributed by atoms with Crippen LogP contribution in [0, 0.1) is 20.2 Å². The number of rotatable bonds is 4. The van der Waals surface area contributed by atoms with Gasteiger partial charge in [0.1, 0.15) is 6.10 Å². The Balaban J connectivity index is 1.78. The molecule has 0 unspecified atom stereocenters. The lowest BCUT2D eigenvalue weighted by Gasteiger charge is -2.16. The molecule has 0 aromatic heterocycles. The molecule has 0 spiro atoms. The molecule has 0 N–H and O–H groups in total. The maximum atomic E-state index is 10.8. The summed E-state index contributed by atoms with van der Waals surface area (Å²) in [5.41, 5.74) is 0.713. The van der Waals surface area contributed by atoms with E-state index in [1.807, 2.05) is 0 Å². The monoisotopic (exact) mass is 296 g/mol. The van der Waals surface area contributed by atoms with E-state index in [0.29, 0.717) is 0 Å². The van der Waals surface area contributed by atoms with Crippen LogP contribution in [0.25, 0.3) is 0 Å². The van der Waals surface area contributed by atoms with Crippen LogP contribution in [0.5, 0.6) is 0 Å². The van der Waals surface area contributed by atoms with Gasteiger partial charge in [0, 0.05) is 18.1 Å². The predicted molar refractivity (Wildman–Crippen MR) is 67.2 cm³/mol. The Kier molecular flexibility index (Phi) is 3.43. The zero-order chi connectivity index (χ0) is 15.0. The van der Waals surface area contributed by atoms with Gasteiger partial charge in [0.05, 0.1) is 24.2 Å². The molecule has 0 aliphatic carbocycles. The molecule has 2 aliphatic heterocycles. The number of hydrogen-bond acceptors (Lipinski definition) is 7. The smallest absolute Gasteiger partial charge is 0.294 e. The van der Waals surface area contributed by atoms with Gasteiger partial charge in [0.2, 0.25) is 0 Å². The molecule has 0 amide bonds. The van der Waals surface area contributed by atoms with E-state index in [-0.39, 0.29) is 24.8 Å². The Labute approximate surface area is 118 Å². The first-order chi connectivity index (χ1) is 10.1. The molecule has 21 heavy (non-hydrogen) atoms. The highest BCUT2D eigenvalue weighted by Gasteiger charge is 2.49. The summed E-state index contributed by atoms with van der Waals surface area (Å²) in [6.07, 6.45) is -1.68. The lowest BCUT2D eigenvalue weighted by molar-refractivity contribution is -0.769. The van der Waals surface area contributed by atoms with Crippen LogP contribution in [-0.4, -0.2) is 41.5 Å². The molecule has 2 saturated heterocycles. The molecule has 9 heteroatoms. The third-order valence-electron chi connectivity index (χ3n) is 3.74. The number of nitro benzene ring substituents is 1. The molecular formula is C12H12N2O7. The summed E-state index contributed by atoms with van der Waals surface area (Å²) in [5.74, 6) is -0.199. The normalized spacial score (nSPS) is 30.9. The summed E-state index contributed by atoms with van der Waals surface area (Å²) in [7, 11) is 0. The fourth-order valence-electron chi connectivity index (χ4n) is 2.82. The van der Waals surface area contributed by atoms with E-state index in [1.54, 1.807) is 12.1 Å². The minimum Gasteiger partial charge on any atom is -0.372 e. The molecule has 2 fully saturated rings. The predicted octanol–water partition coefficient (Wildman–Crippen LogP) is 1.05. The lowest BCUT2D eigenvalue weighted by Crippen LogP contribution is -2.32. The van der Waals surface area contributed by atoms with Crippen LogP contribution >= 0.6 is 0 Å². The lowest BCUT2D eigenvalue weighted by atomic mass is 9.93. The quantitative estimate of drug-likeness (QED) is 0.602. The number of hydrogen-bond donors (Lipinski definition) is 0. The van der Waals surface area contributed by atoms with Crippen molar-refractivity contribution in [2.24, 2.45) is 0 Å². The largest absolute Gasteiger partial charge is 0.372 e. The fourth-order valence-corrected chi connectivity index (χ4v) is 2.82. The van der Waals surface area contributed by atoms with Crippen LogP contribution in [0.1, 0.15) is 11.5 Å². The van der Waals surface area contributed by atoms with Crippen LogP contribution in [0.4, 0.5) is 5.69 Å². The van der Waals surface area contributed by atoms with Gasteiger partial charge in [-0.3, -0.25) is 10.1 Å². The number of non-ortho nitro benzene ring substituents is 1. The van der Waals surface area contributed by atoms with E-state index in [1.165, 1.54) is 12.1 Å². The first-order valence-electron chi connectivity index (χ1n) is 6.35. The topological polar surface area (TPSA) is 114 Å². The van der Waals surface area contributed by atoms with Crippen molar-refractivity contribution in [3.63, 3.8) is 0 Å². The molecular weight excluding hydrogens is 284 g/mol. The molecule has 3 rings (SSSR count). The van der Waals surface area contributed by atoms with Gasteiger partial charge in [-0.1, -0.05) is 12.1 Å². The van der Waals surface area contributed by atoms with Gasteiger partial charge in [-0.05, 0) is 5.56 Å². The van der Waals surface area contributed by atoms with Crippen molar-refractivity contribution in [2.45, 2.75) is 24.2 Å².